The highest BCUT2D eigenvalue weighted by atomic mass is 32.2. The highest BCUT2D eigenvalue weighted by Gasteiger charge is 2.22. The molecule has 1 aromatic carbocycles. The maximum absolute atomic E-state index is 15.4. The number of hydrogen-bond donors (Lipinski definition) is 3. The predicted octanol–water partition coefficient (Wildman–Crippen LogP) is 3.85. The molecule has 1 amide bonds. The van der Waals surface area contributed by atoms with E-state index in [-0.39, 0.29) is 18.1 Å². The molecule has 0 bridgehead atoms. The van der Waals surface area contributed by atoms with Crippen molar-refractivity contribution in [2.45, 2.75) is 25.6 Å². The van der Waals surface area contributed by atoms with Crippen LogP contribution in [0, 0.1) is 12.7 Å². The van der Waals surface area contributed by atoms with Gasteiger partial charge in [-0.1, -0.05) is 0 Å². The first-order valence-corrected chi connectivity index (χ1v) is 12.2. The molecule has 0 fully saturated rings. The Balaban J connectivity index is 1.37. The van der Waals surface area contributed by atoms with E-state index < -0.39 is 5.82 Å². The number of pyridine rings is 2. The van der Waals surface area contributed by atoms with Crippen LogP contribution in [-0.4, -0.2) is 44.1 Å². The van der Waals surface area contributed by atoms with Gasteiger partial charge < -0.3 is 20.7 Å². The third-order valence-electron chi connectivity index (χ3n) is 6.62. The molecule has 0 saturated carbocycles. The summed E-state index contributed by atoms with van der Waals surface area (Å²) in [6, 6.07) is 5.53. The zero-order valence-corrected chi connectivity index (χ0v) is 20.0. The van der Waals surface area contributed by atoms with E-state index in [1.807, 2.05) is 19.1 Å². The maximum atomic E-state index is 15.4. The lowest BCUT2D eigenvalue weighted by Crippen LogP contribution is -2.29. The summed E-state index contributed by atoms with van der Waals surface area (Å²) >= 11 is 1.57. The van der Waals surface area contributed by atoms with Gasteiger partial charge in [-0.3, -0.25) is 14.5 Å². The van der Waals surface area contributed by atoms with Crippen molar-refractivity contribution < 1.29 is 9.18 Å². The molecule has 178 valence electrons. The van der Waals surface area contributed by atoms with Gasteiger partial charge in [0, 0.05) is 60.7 Å². The fourth-order valence-corrected chi connectivity index (χ4v) is 5.39. The molecule has 4 aromatic rings. The molecule has 0 saturated heterocycles. The lowest BCUT2D eigenvalue weighted by molar-refractivity contribution is -0.130. The minimum absolute atomic E-state index is 0.0254. The molecule has 4 N–H and O–H groups in total. The first-order chi connectivity index (χ1) is 16.9. The van der Waals surface area contributed by atoms with Crippen molar-refractivity contribution in [1.29, 1.82) is 0 Å². The number of nitrogens with one attached hydrogen (secondary N) is 2. The van der Waals surface area contributed by atoms with E-state index >= 15 is 4.39 Å². The van der Waals surface area contributed by atoms with Gasteiger partial charge in [0.2, 0.25) is 5.91 Å². The molecule has 0 unspecified atom stereocenters. The third-order valence-corrected chi connectivity index (χ3v) is 7.39. The molecule has 5 heterocycles. The summed E-state index contributed by atoms with van der Waals surface area (Å²) in [5, 5.41) is 9.02. The number of rotatable bonds is 3. The quantitative estimate of drug-likeness (QED) is 0.293. The summed E-state index contributed by atoms with van der Waals surface area (Å²) < 4.78 is 20.3. The largest absolute Gasteiger partial charge is 0.396 e. The monoisotopic (exact) mass is 490 g/mol. The van der Waals surface area contributed by atoms with Crippen LogP contribution in [0.3, 0.4) is 0 Å². The van der Waals surface area contributed by atoms with E-state index in [1.54, 1.807) is 47.0 Å². The molecule has 0 atom stereocenters. The second-order valence-electron chi connectivity index (χ2n) is 8.82. The molecule has 2 aliphatic heterocycles. The van der Waals surface area contributed by atoms with Gasteiger partial charge in [0.1, 0.15) is 12.4 Å². The number of nitrogens with two attached hydrogens (primary N) is 1. The van der Waals surface area contributed by atoms with Crippen molar-refractivity contribution in [3.63, 3.8) is 0 Å². The number of fused-ring (bicyclic) bond motifs is 3. The first kappa shape index (κ1) is 21.7. The zero-order chi connectivity index (χ0) is 24.3. The van der Waals surface area contributed by atoms with Gasteiger partial charge in [0.25, 0.3) is 0 Å². The fraction of sp³-hybridized carbons (Fsp3) is 0.250. The predicted molar refractivity (Wildman–Crippen MR) is 136 cm³/mol. The van der Waals surface area contributed by atoms with Gasteiger partial charge in [-0.2, -0.15) is 5.10 Å². The molecule has 0 radical (unpaired) electrons. The summed E-state index contributed by atoms with van der Waals surface area (Å²) in [4.78, 5) is 22.8. The molecule has 35 heavy (non-hydrogen) atoms. The Morgan fingerprint density at radius 2 is 2.03 bits per heavy atom. The average molecular weight is 491 g/mol. The Bertz CT molecular complexity index is 1520. The molecule has 0 spiro atoms. The Kier molecular flexibility index (Phi) is 5.03. The van der Waals surface area contributed by atoms with Gasteiger partial charge in [0.05, 0.1) is 22.8 Å². The van der Waals surface area contributed by atoms with Crippen LogP contribution < -0.4 is 15.8 Å². The molecule has 0 aliphatic carbocycles. The van der Waals surface area contributed by atoms with E-state index in [0.717, 1.165) is 40.2 Å². The number of nitrogen functional groups attached to an aromatic ring is 1. The summed E-state index contributed by atoms with van der Waals surface area (Å²) in [5.41, 5.74) is 11.2. The van der Waals surface area contributed by atoms with Crippen molar-refractivity contribution in [1.82, 2.24) is 24.6 Å². The van der Waals surface area contributed by atoms with Gasteiger partial charge in [-0.25, -0.2) is 9.37 Å². The number of hydrogen-bond acceptors (Lipinski definition) is 8. The topological polar surface area (TPSA) is 114 Å². The van der Waals surface area contributed by atoms with E-state index in [0.29, 0.717) is 34.7 Å². The Morgan fingerprint density at radius 1 is 1.17 bits per heavy atom. The number of aromatic nitrogens is 4. The molecule has 2 aliphatic rings. The van der Waals surface area contributed by atoms with Crippen molar-refractivity contribution in [3.05, 3.63) is 53.4 Å². The second kappa shape index (κ2) is 8.12. The minimum atomic E-state index is -0.483. The Morgan fingerprint density at radius 3 is 2.89 bits per heavy atom. The number of amides is 1. The van der Waals surface area contributed by atoms with Gasteiger partial charge in [0.15, 0.2) is 11.6 Å². The van der Waals surface area contributed by atoms with Gasteiger partial charge in [-0.05, 0) is 42.0 Å². The van der Waals surface area contributed by atoms with Crippen molar-refractivity contribution >= 4 is 51.6 Å². The second-order valence-corrected chi connectivity index (χ2v) is 9.60. The number of benzene rings is 1. The first-order valence-electron chi connectivity index (χ1n) is 11.2. The normalized spacial score (nSPS) is 15.1. The van der Waals surface area contributed by atoms with Gasteiger partial charge in [-0.15, -0.1) is 0 Å². The van der Waals surface area contributed by atoms with Crippen LogP contribution in [0.4, 0.5) is 27.4 Å². The number of halogens is 1. The number of likely N-dealkylation sites (N-methyl/N-ethyl adjacent to an activating group) is 1. The molecule has 11 heteroatoms. The third kappa shape index (κ3) is 3.63. The molecule has 3 aromatic heterocycles. The lowest BCUT2D eigenvalue weighted by atomic mass is 9.96. The summed E-state index contributed by atoms with van der Waals surface area (Å²) in [5.74, 6) is 1.47. The van der Waals surface area contributed by atoms with Gasteiger partial charge >= 0.3 is 0 Å². The van der Waals surface area contributed by atoms with E-state index in [1.165, 1.54) is 0 Å². The van der Waals surface area contributed by atoms with Crippen LogP contribution in [0.25, 0.3) is 21.9 Å². The highest BCUT2D eigenvalue weighted by molar-refractivity contribution is 8.00. The summed E-state index contributed by atoms with van der Waals surface area (Å²) in [6.07, 6.45) is 4.00. The standard InChI is InChI=1S/C24H23FN8OS/c1-12-16(8-27-18-11-35-31-24(12)18)15-5-13-6-19(28-9-17(13)23(26)22(15)25)29-20-7-14-3-4-32(2)21(34)10-33(14)30-20/h5-9,31H,3-4,10-11,26H2,1-2H3,(H,28,29,30). The lowest BCUT2D eigenvalue weighted by Gasteiger charge is -2.14. The number of anilines is 4. The van der Waals surface area contributed by atoms with E-state index in [2.05, 4.69) is 25.1 Å². The van der Waals surface area contributed by atoms with Crippen LogP contribution in [0.2, 0.25) is 0 Å². The van der Waals surface area contributed by atoms with Crippen LogP contribution >= 0.6 is 11.9 Å². The molecule has 6 rings (SSSR count). The average Bonchev–Trinajstić information content (AvgIpc) is 3.44. The minimum Gasteiger partial charge on any atom is -0.396 e. The molecular weight excluding hydrogens is 467 g/mol. The fourth-order valence-electron chi connectivity index (χ4n) is 4.55. The van der Waals surface area contributed by atoms with Crippen molar-refractivity contribution in [3.8, 4) is 11.1 Å². The maximum Gasteiger partial charge on any atom is 0.244 e. The SMILES string of the molecule is Cc1c(-c2cc3cc(Nc4cc5n(n4)CC(=O)N(C)CC5)ncc3c(N)c2F)cnc2c1NSC2. The van der Waals surface area contributed by atoms with Crippen LogP contribution in [0.15, 0.2) is 30.6 Å². The molecule has 9 nitrogen and oxygen atoms in total. The van der Waals surface area contributed by atoms with Crippen LogP contribution in [0.1, 0.15) is 17.0 Å². The number of carbonyl (C=O) groups is 1. The van der Waals surface area contributed by atoms with Crippen LogP contribution in [0.5, 0.6) is 0 Å². The smallest absolute Gasteiger partial charge is 0.244 e. The van der Waals surface area contributed by atoms with E-state index in [4.69, 9.17) is 5.73 Å². The zero-order valence-electron chi connectivity index (χ0n) is 19.2. The van der Waals surface area contributed by atoms with Crippen molar-refractivity contribution in [2.75, 3.05) is 29.4 Å². The molecular formula is C24H23FN8OS. The number of carbonyl (C=O) groups excluding carboxylic acids is 1. The van der Waals surface area contributed by atoms with E-state index in [9.17, 15) is 4.79 Å². The Labute approximate surface area is 205 Å². The van der Waals surface area contributed by atoms with Crippen molar-refractivity contribution in [2.24, 2.45) is 0 Å². The summed E-state index contributed by atoms with van der Waals surface area (Å²) in [7, 11) is 1.80. The highest BCUT2D eigenvalue weighted by Crippen LogP contribution is 2.40. The number of nitrogens with zero attached hydrogens (tertiary/aromatic N) is 5. The summed E-state index contributed by atoms with van der Waals surface area (Å²) in [6.45, 7) is 2.82. The Hall–Kier alpha value is -3.86. The van der Waals surface area contributed by atoms with Crippen LogP contribution in [-0.2, 0) is 23.5 Å².